The van der Waals surface area contributed by atoms with E-state index in [4.69, 9.17) is 11.6 Å². The van der Waals surface area contributed by atoms with Crippen molar-refractivity contribution in [3.63, 3.8) is 0 Å². The van der Waals surface area contributed by atoms with E-state index in [2.05, 4.69) is 68.0 Å². The lowest BCUT2D eigenvalue weighted by Gasteiger charge is -2.35. The normalized spacial score (nSPS) is 14.8. The maximum absolute atomic E-state index is 6.37. The zero-order valence-corrected chi connectivity index (χ0v) is 15.6. The summed E-state index contributed by atoms with van der Waals surface area (Å²) in [6.45, 7) is 13.5. The van der Waals surface area contributed by atoms with Gasteiger partial charge in [-0.15, -0.1) is 0 Å². The van der Waals surface area contributed by atoms with Gasteiger partial charge in [-0.25, -0.2) is 0 Å². The van der Waals surface area contributed by atoms with E-state index in [9.17, 15) is 0 Å². The summed E-state index contributed by atoms with van der Waals surface area (Å²) in [6.07, 6.45) is 1.00. The molecule has 0 fully saturated rings. The van der Waals surface area contributed by atoms with E-state index < -0.39 is 0 Å². The van der Waals surface area contributed by atoms with Gasteiger partial charge in [-0.2, -0.15) is 0 Å². The molecule has 0 aliphatic carbocycles. The van der Waals surface area contributed by atoms with Crippen molar-refractivity contribution >= 4 is 27.5 Å². The van der Waals surface area contributed by atoms with Crippen LogP contribution in [0.4, 0.5) is 0 Å². The van der Waals surface area contributed by atoms with Gasteiger partial charge in [-0.05, 0) is 47.9 Å². The van der Waals surface area contributed by atoms with Gasteiger partial charge in [0, 0.05) is 16.0 Å². The van der Waals surface area contributed by atoms with Crippen LogP contribution in [-0.2, 0) is 6.42 Å². The Morgan fingerprint density at radius 2 is 1.90 bits per heavy atom. The number of hydrogen-bond donors (Lipinski definition) is 1. The molecule has 1 nitrogen and oxygen atoms in total. The second-order valence-corrected chi connectivity index (χ2v) is 8.07. The standard InChI is InChI=1S/C17H27BrClN/c1-12(2)10-20-11-17(5,13(3)4)9-14-6-7-15(18)8-16(14)19/h6-8,12-13,20H,9-11H2,1-5H3. The SMILES string of the molecule is CC(C)CNCC(C)(Cc1ccc(Br)cc1Cl)C(C)C. The van der Waals surface area contributed by atoms with E-state index >= 15 is 0 Å². The highest BCUT2D eigenvalue weighted by molar-refractivity contribution is 9.10. The number of rotatable bonds is 7. The first-order valence-corrected chi connectivity index (χ1v) is 8.56. The zero-order valence-electron chi connectivity index (χ0n) is 13.3. The fourth-order valence-electron chi connectivity index (χ4n) is 2.22. The third-order valence-corrected chi connectivity index (χ3v) is 4.93. The summed E-state index contributed by atoms with van der Waals surface area (Å²) in [5.74, 6) is 1.28. The predicted molar refractivity (Wildman–Crippen MR) is 93.5 cm³/mol. The quantitative estimate of drug-likeness (QED) is 0.672. The molecule has 20 heavy (non-hydrogen) atoms. The summed E-state index contributed by atoms with van der Waals surface area (Å²) < 4.78 is 1.04. The molecule has 1 rings (SSSR count). The van der Waals surface area contributed by atoms with Crippen LogP contribution in [0, 0.1) is 17.3 Å². The molecule has 3 heteroatoms. The molecule has 0 bridgehead atoms. The third-order valence-electron chi connectivity index (χ3n) is 4.08. The van der Waals surface area contributed by atoms with Crippen molar-refractivity contribution in [3.8, 4) is 0 Å². The van der Waals surface area contributed by atoms with Crippen LogP contribution < -0.4 is 5.32 Å². The summed E-state index contributed by atoms with van der Waals surface area (Å²) in [5, 5.41) is 4.46. The Kier molecular flexibility index (Phi) is 7.03. The Morgan fingerprint density at radius 3 is 2.40 bits per heavy atom. The van der Waals surface area contributed by atoms with Gasteiger partial charge < -0.3 is 5.32 Å². The van der Waals surface area contributed by atoms with Gasteiger partial charge in [-0.1, -0.05) is 68.2 Å². The molecule has 0 amide bonds. The summed E-state index contributed by atoms with van der Waals surface area (Å²) in [7, 11) is 0. The second-order valence-electron chi connectivity index (χ2n) is 6.75. The summed E-state index contributed by atoms with van der Waals surface area (Å²) in [6, 6.07) is 6.19. The molecule has 1 unspecified atom stereocenters. The average molecular weight is 361 g/mol. The van der Waals surface area contributed by atoms with Crippen LogP contribution in [0.15, 0.2) is 22.7 Å². The molecule has 114 valence electrons. The highest BCUT2D eigenvalue weighted by atomic mass is 79.9. The Balaban J connectivity index is 2.80. The van der Waals surface area contributed by atoms with E-state index in [0.717, 1.165) is 29.0 Å². The minimum Gasteiger partial charge on any atom is -0.316 e. The Labute approximate surface area is 137 Å². The van der Waals surface area contributed by atoms with Crippen molar-refractivity contribution in [2.24, 2.45) is 17.3 Å². The first kappa shape index (κ1) is 18.0. The van der Waals surface area contributed by atoms with Crippen LogP contribution in [0.2, 0.25) is 5.02 Å². The van der Waals surface area contributed by atoms with Crippen LogP contribution in [0.1, 0.15) is 40.2 Å². The van der Waals surface area contributed by atoms with Crippen molar-refractivity contribution in [3.05, 3.63) is 33.3 Å². The van der Waals surface area contributed by atoms with Crippen LogP contribution in [0.3, 0.4) is 0 Å². The smallest absolute Gasteiger partial charge is 0.0449 e. The van der Waals surface area contributed by atoms with Gasteiger partial charge in [0.1, 0.15) is 0 Å². The van der Waals surface area contributed by atoms with Gasteiger partial charge in [0.2, 0.25) is 0 Å². The lowest BCUT2D eigenvalue weighted by molar-refractivity contribution is 0.205. The van der Waals surface area contributed by atoms with Gasteiger partial charge in [-0.3, -0.25) is 0 Å². The molecule has 0 spiro atoms. The molecule has 0 heterocycles. The third kappa shape index (κ3) is 5.38. The summed E-state index contributed by atoms with van der Waals surface area (Å²) >= 11 is 9.84. The summed E-state index contributed by atoms with van der Waals surface area (Å²) in [5.41, 5.74) is 1.45. The lowest BCUT2D eigenvalue weighted by atomic mass is 9.74. The molecule has 0 aliphatic rings. The van der Waals surface area contributed by atoms with Gasteiger partial charge >= 0.3 is 0 Å². The van der Waals surface area contributed by atoms with Crippen LogP contribution >= 0.6 is 27.5 Å². The fraction of sp³-hybridized carbons (Fsp3) is 0.647. The van der Waals surface area contributed by atoms with E-state index in [1.165, 1.54) is 5.56 Å². The lowest BCUT2D eigenvalue weighted by Crippen LogP contribution is -2.39. The zero-order chi connectivity index (χ0) is 15.3. The molecular weight excluding hydrogens is 334 g/mol. The maximum atomic E-state index is 6.37. The van der Waals surface area contributed by atoms with Gasteiger partial charge in [0.25, 0.3) is 0 Å². The molecule has 0 aliphatic heterocycles. The maximum Gasteiger partial charge on any atom is 0.0449 e. The van der Waals surface area contributed by atoms with Gasteiger partial charge in [0.05, 0.1) is 0 Å². The molecule has 1 atom stereocenters. The molecule has 1 N–H and O–H groups in total. The van der Waals surface area contributed by atoms with Crippen LogP contribution in [0.5, 0.6) is 0 Å². The topological polar surface area (TPSA) is 12.0 Å². The first-order chi connectivity index (χ1) is 9.24. The highest BCUT2D eigenvalue weighted by Gasteiger charge is 2.29. The van der Waals surface area contributed by atoms with E-state index in [1.807, 2.05) is 6.07 Å². The minimum absolute atomic E-state index is 0.215. The van der Waals surface area contributed by atoms with Crippen molar-refractivity contribution in [2.45, 2.75) is 41.0 Å². The van der Waals surface area contributed by atoms with E-state index in [1.54, 1.807) is 0 Å². The Bertz CT molecular complexity index is 431. The second kappa shape index (κ2) is 7.82. The molecular formula is C17H27BrClN. The Morgan fingerprint density at radius 1 is 1.25 bits per heavy atom. The van der Waals surface area contributed by atoms with E-state index in [-0.39, 0.29) is 5.41 Å². The number of nitrogens with one attached hydrogen (secondary N) is 1. The molecule has 1 aromatic carbocycles. The van der Waals surface area contributed by atoms with Gasteiger partial charge in [0.15, 0.2) is 0 Å². The number of hydrogen-bond acceptors (Lipinski definition) is 1. The first-order valence-electron chi connectivity index (χ1n) is 7.39. The van der Waals surface area contributed by atoms with Crippen LogP contribution in [0.25, 0.3) is 0 Å². The average Bonchev–Trinajstić information content (AvgIpc) is 2.32. The molecule has 0 radical (unpaired) electrons. The molecule has 0 saturated heterocycles. The van der Waals surface area contributed by atoms with Crippen molar-refractivity contribution in [2.75, 3.05) is 13.1 Å². The predicted octanol–water partition coefficient (Wildman–Crippen LogP) is 5.55. The molecule has 0 aromatic heterocycles. The van der Waals surface area contributed by atoms with Crippen molar-refractivity contribution in [1.29, 1.82) is 0 Å². The van der Waals surface area contributed by atoms with Crippen LogP contribution in [-0.4, -0.2) is 13.1 Å². The molecule has 1 aromatic rings. The van der Waals surface area contributed by atoms with Crippen molar-refractivity contribution < 1.29 is 0 Å². The highest BCUT2D eigenvalue weighted by Crippen LogP contribution is 2.34. The molecule has 0 saturated carbocycles. The fourth-order valence-corrected chi connectivity index (χ4v) is 2.96. The van der Waals surface area contributed by atoms with Crippen molar-refractivity contribution in [1.82, 2.24) is 5.32 Å². The largest absolute Gasteiger partial charge is 0.316 e. The minimum atomic E-state index is 0.215. The number of halogens is 2. The van der Waals surface area contributed by atoms with E-state index in [0.29, 0.717) is 11.8 Å². The summed E-state index contributed by atoms with van der Waals surface area (Å²) in [4.78, 5) is 0. The monoisotopic (exact) mass is 359 g/mol. The Hall–Kier alpha value is -0.0500. The number of benzene rings is 1.